The van der Waals surface area contributed by atoms with Crippen LogP contribution in [0.2, 0.25) is 0 Å². The topological polar surface area (TPSA) is 61.9 Å². The van der Waals surface area contributed by atoms with Crippen LogP contribution in [0.15, 0.2) is 35.7 Å². The van der Waals surface area contributed by atoms with Crippen LogP contribution in [0.1, 0.15) is 36.2 Å². The number of thiophene rings is 1. The molecule has 1 N–H and O–H groups in total. The fraction of sp³-hybridized carbons (Fsp3) is 0.455. The summed E-state index contributed by atoms with van der Waals surface area (Å²) < 4.78 is 19.1. The molecule has 1 fully saturated rings. The Kier molecular flexibility index (Phi) is 6.22. The highest BCUT2D eigenvalue weighted by Crippen LogP contribution is 2.34. The Labute approximate surface area is 179 Å². The molecule has 6 nitrogen and oxygen atoms in total. The first-order chi connectivity index (χ1) is 14.6. The first-order valence-electron chi connectivity index (χ1n) is 10.4. The molecule has 1 unspecified atom stereocenters. The summed E-state index contributed by atoms with van der Waals surface area (Å²) >= 11 is 1.69. The first kappa shape index (κ1) is 20.7. The second-order valence-corrected chi connectivity index (χ2v) is 8.61. The quantitative estimate of drug-likeness (QED) is 0.729. The molecule has 30 heavy (non-hydrogen) atoms. The zero-order valence-corrected chi connectivity index (χ0v) is 17.8. The van der Waals surface area contributed by atoms with Crippen molar-refractivity contribution in [1.82, 2.24) is 15.1 Å². The normalized spacial score (nSPS) is 17.9. The molecule has 0 saturated heterocycles. The lowest BCUT2D eigenvalue weighted by molar-refractivity contribution is -0.135. The van der Waals surface area contributed by atoms with Crippen LogP contribution >= 0.6 is 11.3 Å². The number of nitrogens with one attached hydrogen (secondary N) is 1. The first-order valence-corrected chi connectivity index (χ1v) is 11.2. The maximum Gasteiger partial charge on any atom is 0.318 e. The molecule has 2 heterocycles. The van der Waals surface area contributed by atoms with Crippen molar-refractivity contribution in [3.05, 3.63) is 52.0 Å². The molecule has 1 aliphatic heterocycles. The highest BCUT2D eigenvalue weighted by Gasteiger charge is 2.37. The summed E-state index contributed by atoms with van der Waals surface area (Å²) in [5.74, 6) is 0.174. The van der Waals surface area contributed by atoms with E-state index in [-0.39, 0.29) is 43.0 Å². The molecule has 2 aliphatic rings. The van der Waals surface area contributed by atoms with Crippen molar-refractivity contribution in [2.45, 2.75) is 38.3 Å². The summed E-state index contributed by atoms with van der Waals surface area (Å²) in [6.45, 7) is 3.36. The van der Waals surface area contributed by atoms with Crippen molar-refractivity contribution in [2.24, 2.45) is 0 Å². The van der Waals surface area contributed by atoms with Gasteiger partial charge in [0.25, 0.3) is 0 Å². The van der Waals surface area contributed by atoms with Crippen LogP contribution in [0.3, 0.4) is 0 Å². The smallest absolute Gasteiger partial charge is 0.318 e. The number of urea groups is 1. The molecule has 3 amide bonds. The van der Waals surface area contributed by atoms with E-state index in [2.05, 4.69) is 5.32 Å². The van der Waals surface area contributed by atoms with Crippen molar-refractivity contribution in [3.63, 3.8) is 0 Å². The third-order valence-electron chi connectivity index (χ3n) is 5.52. The Balaban J connectivity index is 1.49. The van der Waals surface area contributed by atoms with E-state index in [9.17, 15) is 14.0 Å². The van der Waals surface area contributed by atoms with Gasteiger partial charge in [0.15, 0.2) is 0 Å². The Hall–Kier alpha value is -2.61. The SMILES string of the molecule is CCNC(=O)N(CC(=O)N1CCc2sccc2C1COc1ccc(F)cc1)C1CC1. The van der Waals surface area contributed by atoms with E-state index < -0.39 is 0 Å². The molecule has 1 aliphatic carbocycles. The molecule has 1 aromatic carbocycles. The van der Waals surface area contributed by atoms with E-state index in [1.807, 2.05) is 23.3 Å². The number of carbonyl (C=O) groups is 2. The Morgan fingerprint density at radius 1 is 1.27 bits per heavy atom. The largest absolute Gasteiger partial charge is 0.491 e. The number of amides is 3. The van der Waals surface area contributed by atoms with Crippen molar-refractivity contribution < 1.29 is 18.7 Å². The van der Waals surface area contributed by atoms with Gasteiger partial charge in [-0.2, -0.15) is 0 Å². The summed E-state index contributed by atoms with van der Waals surface area (Å²) in [6.07, 6.45) is 2.68. The summed E-state index contributed by atoms with van der Waals surface area (Å²) in [5.41, 5.74) is 1.10. The van der Waals surface area contributed by atoms with E-state index in [1.54, 1.807) is 28.4 Å². The molecule has 8 heteroatoms. The summed E-state index contributed by atoms with van der Waals surface area (Å²) in [5, 5.41) is 4.85. The zero-order valence-electron chi connectivity index (χ0n) is 17.0. The third kappa shape index (κ3) is 4.59. The minimum Gasteiger partial charge on any atom is -0.491 e. The molecule has 1 aromatic heterocycles. The molecule has 0 radical (unpaired) electrons. The average Bonchev–Trinajstić information content (AvgIpc) is 3.47. The summed E-state index contributed by atoms with van der Waals surface area (Å²) in [6, 6.07) is 7.67. The van der Waals surface area contributed by atoms with Crippen LogP contribution < -0.4 is 10.1 Å². The monoisotopic (exact) mass is 431 g/mol. The summed E-state index contributed by atoms with van der Waals surface area (Å²) in [7, 11) is 0. The van der Waals surface area contributed by atoms with Gasteiger partial charge in [-0.25, -0.2) is 9.18 Å². The molecule has 160 valence electrons. The van der Waals surface area contributed by atoms with Crippen LogP contribution in [0.4, 0.5) is 9.18 Å². The van der Waals surface area contributed by atoms with Gasteiger partial charge in [0.1, 0.15) is 24.7 Å². The van der Waals surface area contributed by atoms with Gasteiger partial charge in [-0.15, -0.1) is 11.3 Å². The van der Waals surface area contributed by atoms with Gasteiger partial charge in [-0.05, 0) is 67.5 Å². The molecule has 1 saturated carbocycles. The van der Waals surface area contributed by atoms with Crippen LogP contribution in [0, 0.1) is 5.82 Å². The van der Waals surface area contributed by atoms with Crippen LogP contribution in [-0.4, -0.2) is 54.0 Å². The number of halogens is 1. The van der Waals surface area contributed by atoms with Gasteiger partial charge in [-0.1, -0.05) is 0 Å². The van der Waals surface area contributed by atoms with Crippen LogP contribution in [-0.2, 0) is 11.2 Å². The van der Waals surface area contributed by atoms with E-state index in [4.69, 9.17) is 4.74 Å². The minimum absolute atomic E-state index is 0.0716. The number of hydrogen-bond donors (Lipinski definition) is 1. The Morgan fingerprint density at radius 3 is 2.73 bits per heavy atom. The van der Waals surface area contributed by atoms with Crippen LogP contribution in [0.5, 0.6) is 5.75 Å². The Morgan fingerprint density at radius 2 is 2.03 bits per heavy atom. The lowest BCUT2D eigenvalue weighted by Gasteiger charge is -2.37. The fourth-order valence-corrected chi connectivity index (χ4v) is 4.75. The second kappa shape index (κ2) is 9.04. The lowest BCUT2D eigenvalue weighted by Crippen LogP contribution is -2.50. The molecule has 4 rings (SSSR count). The molecule has 2 aromatic rings. The predicted molar refractivity (Wildman–Crippen MR) is 113 cm³/mol. The Bertz CT molecular complexity index is 897. The molecular weight excluding hydrogens is 405 g/mol. The van der Waals surface area contributed by atoms with Gasteiger partial charge in [-0.3, -0.25) is 4.79 Å². The number of carbonyl (C=O) groups excluding carboxylic acids is 2. The van der Waals surface area contributed by atoms with E-state index in [1.165, 1.54) is 17.0 Å². The predicted octanol–water partition coefficient (Wildman–Crippen LogP) is 3.59. The molecule has 1 atom stereocenters. The van der Waals surface area contributed by atoms with Gasteiger partial charge in [0.2, 0.25) is 5.91 Å². The average molecular weight is 432 g/mol. The van der Waals surface area contributed by atoms with E-state index >= 15 is 0 Å². The maximum atomic E-state index is 13.3. The number of rotatable bonds is 7. The number of nitrogens with zero attached hydrogens (tertiary/aromatic N) is 2. The fourth-order valence-electron chi connectivity index (χ4n) is 3.82. The highest BCUT2D eigenvalue weighted by atomic mass is 32.1. The van der Waals surface area contributed by atoms with Gasteiger partial charge >= 0.3 is 6.03 Å². The van der Waals surface area contributed by atoms with Crippen molar-refractivity contribution in [3.8, 4) is 5.75 Å². The lowest BCUT2D eigenvalue weighted by atomic mass is 10.0. The van der Waals surface area contributed by atoms with Gasteiger partial charge in [0, 0.05) is 24.0 Å². The number of benzene rings is 1. The van der Waals surface area contributed by atoms with E-state index in [0.29, 0.717) is 18.8 Å². The summed E-state index contributed by atoms with van der Waals surface area (Å²) in [4.78, 5) is 30.4. The molecular formula is C22H26FN3O3S. The zero-order chi connectivity index (χ0) is 21.1. The van der Waals surface area contributed by atoms with Crippen LogP contribution in [0.25, 0.3) is 0 Å². The second-order valence-electron chi connectivity index (χ2n) is 7.61. The van der Waals surface area contributed by atoms with Crippen molar-refractivity contribution >= 4 is 23.3 Å². The standard InChI is InChI=1S/C22H26FN3O3S/c1-2-24-22(28)26(16-5-6-16)13-21(27)25-11-9-20-18(10-12-30-20)19(25)14-29-17-7-3-15(23)4-8-17/h3-4,7-8,10,12,16,19H,2,5-6,9,11,13-14H2,1H3,(H,24,28). The van der Waals surface area contributed by atoms with Crippen molar-refractivity contribution in [2.75, 3.05) is 26.2 Å². The number of ether oxygens (including phenoxy) is 1. The molecule has 0 spiro atoms. The van der Waals surface area contributed by atoms with E-state index in [0.717, 1.165) is 24.8 Å². The number of hydrogen-bond acceptors (Lipinski definition) is 4. The van der Waals surface area contributed by atoms with Gasteiger partial charge < -0.3 is 19.9 Å². The number of fused-ring (bicyclic) bond motifs is 1. The third-order valence-corrected chi connectivity index (χ3v) is 6.52. The van der Waals surface area contributed by atoms with Crippen molar-refractivity contribution in [1.29, 1.82) is 0 Å². The minimum atomic E-state index is -0.317. The molecule has 0 bridgehead atoms. The highest BCUT2D eigenvalue weighted by molar-refractivity contribution is 7.10. The maximum absolute atomic E-state index is 13.3. The van der Waals surface area contributed by atoms with Gasteiger partial charge in [0.05, 0.1) is 6.04 Å².